The van der Waals surface area contributed by atoms with Gasteiger partial charge in [-0.25, -0.2) is 4.98 Å². The molecule has 82 valence electrons. The largest absolute Gasteiger partial charge is 0.313 e. The van der Waals surface area contributed by atoms with Gasteiger partial charge in [-0.1, -0.05) is 30.3 Å². The third-order valence-electron chi connectivity index (χ3n) is 2.01. The van der Waals surface area contributed by atoms with Crippen molar-refractivity contribution in [2.45, 2.75) is 5.75 Å². The standard InChI is InChI=1S/C12H11BrN2S/c13-11-7-4-8-14-12(11)15-16-9-10-5-2-1-3-6-10/h1-8H,9H2,(H,14,15). The number of nitrogens with one attached hydrogen (secondary N) is 1. The normalized spacial score (nSPS) is 10.1. The van der Waals surface area contributed by atoms with E-state index in [4.69, 9.17) is 0 Å². The summed E-state index contributed by atoms with van der Waals surface area (Å²) < 4.78 is 4.20. The van der Waals surface area contributed by atoms with Crippen molar-refractivity contribution in [3.63, 3.8) is 0 Å². The highest BCUT2D eigenvalue weighted by molar-refractivity contribution is 9.10. The van der Waals surface area contributed by atoms with Gasteiger partial charge in [-0.2, -0.15) is 0 Å². The smallest absolute Gasteiger partial charge is 0.150 e. The summed E-state index contributed by atoms with van der Waals surface area (Å²) in [5, 5.41) is 0. The average molecular weight is 295 g/mol. The first-order valence-electron chi connectivity index (χ1n) is 4.88. The molecular formula is C12H11BrN2S. The fourth-order valence-corrected chi connectivity index (χ4v) is 2.44. The Morgan fingerprint density at radius 3 is 2.69 bits per heavy atom. The van der Waals surface area contributed by atoms with Crippen LogP contribution in [0, 0.1) is 0 Å². The van der Waals surface area contributed by atoms with Gasteiger partial charge >= 0.3 is 0 Å². The molecule has 0 spiro atoms. The van der Waals surface area contributed by atoms with Crippen molar-refractivity contribution in [1.29, 1.82) is 0 Å². The lowest BCUT2D eigenvalue weighted by molar-refractivity contribution is 1.31. The summed E-state index contributed by atoms with van der Waals surface area (Å²) in [6.45, 7) is 0. The summed E-state index contributed by atoms with van der Waals surface area (Å²) in [4.78, 5) is 4.23. The van der Waals surface area contributed by atoms with Crippen LogP contribution in [0.4, 0.5) is 5.82 Å². The quantitative estimate of drug-likeness (QED) is 0.859. The van der Waals surface area contributed by atoms with Crippen LogP contribution in [0.25, 0.3) is 0 Å². The van der Waals surface area contributed by atoms with Gasteiger partial charge in [0.15, 0.2) is 0 Å². The Hall–Kier alpha value is -1.00. The molecule has 2 rings (SSSR count). The van der Waals surface area contributed by atoms with Gasteiger partial charge in [0, 0.05) is 11.9 Å². The van der Waals surface area contributed by atoms with Crippen molar-refractivity contribution in [3.05, 3.63) is 58.7 Å². The predicted molar refractivity (Wildman–Crippen MR) is 73.3 cm³/mol. The van der Waals surface area contributed by atoms with E-state index in [1.54, 1.807) is 18.1 Å². The Bertz CT molecular complexity index is 448. The zero-order chi connectivity index (χ0) is 11.2. The molecule has 0 aliphatic heterocycles. The second-order valence-corrected chi connectivity index (χ2v) is 4.85. The summed E-state index contributed by atoms with van der Waals surface area (Å²) in [6.07, 6.45) is 1.77. The van der Waals surface area contributed by atoms with Gasteiger partial charge in [0.1, 0.15) is 5.82 Å². The van der Waals surface area contributed by atoms with Crippen LogP contribution in [0.1, 0.15) is 5.56 Å². The Balaban J connectivity index is 1.87. The Morgan fingerprint density at radius 2 is 1.94 bits per heavy atom. The monoisotopic (exact) mass is 294 g/mol. The third kappa shape index (κ3) is 3.25. The summed E-state index contributed by atoms with van der Waals surface area (Å²) in [6, 6.07) is 14.2. The van der Waals surface area contributed by atoms with E-state index in [0.29, 0.717) is 0 Å². The highest BCUT2D eigenvalue weighted by Crippen LogP contribution is 2.22. The number of hydrogen-bond donors (Lipinski definition) is 1. The molecule has 0 radical (unpaired) electrons. The molecule has 0 fully saturated rings. The average Bonchev–Trinajstić information content (AvgIpc) is 2.33. The fourth-order valence-electron chi connectivity index (χ4n) is 1.22. The molecule has 4 heteroatoms. The van der Waals surface area contributed by atoms with E-state index in [1.807, 2.05) is 30.3 Å². The van der Waals surface area contributed by atoms with Crippen LogP contribution in [-0.2, 0) is 5.75 Å². The predicted octanol–water partition coefficient (Wildman–Crippen LogP) is 4.10. The molecule has 0 aliphatic rings. The summed E-state index contributed by atoms with van der Waals surface area (Å²) in [5.74, 6) is 1.78. The summed E-state index contributed by atoms with van der Waals surface area (Å²) in [7, 11) is 0. The van der Waals surface area contributed by atoms with Crippen molar-refractivity contribution in [2.24, 2.45) is 0 Å². The molecule has 0 aliphatic carbocycles. The first-order chi connectivity index (χ1) is 7.86. The lowest BCUT2D eigenvalue weighted by atomic mass is 10.2. The number of benzene rings is 1. The SMILES string of the molecule is Brc1cccnc1NSCc1ccccc1. The Labute approximate surface area is 108 Å². The Morgan fingerprint density at radius 1 is 1.12 bits per heavy atom. The zero-order valence-corrected chi connectivity index (χ0v) is 11.0. The zero-order valence-electron chi connectivity index (χ0n) is 8.56. The first-order valence-corrected chi connectivity index (χ1v) is 6.66. The van der Waals surface area contributed by atoms with E-state index in [-0.39, 0.29) is 0 Å². The fraction of sp³-hybridized carbons (Fsp3) is 0.0833. The van der Waals surface area contributed by atoms with Crippen LogP contribution < -0.4 is 4.72 Å². The van der Waals surface area contributed by atoms with Crippen molar-refractivity contribution in [1.82, 2.24) is 4.98 Å². The lowest BCUT2D eigenvalue weighted by Gasteiger charge is -2.05. The molecule has 0 atom stereocenters. The summed E-state index contributed by atoms with van der Waals surface area (Å²) >= 11 is 5.08. The maximum absolute atomic E-state index is 4.23. The molecule has 2 nitrogen and oxygen atoms in total. The number of aromatic nitrogens is 1. The topological polar surface area (TPSA) is 24.9 Å². The highest BCUT2D eigenvalue weighted by atomic mass is 79.9. The minimum Gasteiger partial charge on any atom is -0.313 e. The van der Waals surface area contributed by atoms with Crippen molar-refractivity contribution in [2.75, 3.05) is 4.72 Å². The van der Waals surface area contributed by atoms with Crippen LogP contribution in [0.5, 0.6) is 0 Å². The molecule has 1 aromatic carbocycles. The minimum atomic E-state index is 0.864. The van der Waals surface area contributed by atoms with Crippen LogP contribution in [-0.4, -0.2) is 4.98 Å². The van der Waals surface area contributed by atoms with Crippen molar-refractivity contribution >= 4 is 33.7 Å². The molecule has 0 saturated carbocycles. The van der Waals surface area contributed by atoms with Crippen LogP contribution >= 0.6 is 27.9 Å². The van der Waals surface area contributed by atoms with Gasteiger partial charge < -0.3 is 4.72 Å². The number of anilines is 1. The molecule has 1 heterocycles. The first kappa shape index (κ1) is 11.5. The number of nitrogens with zero attached hydrogens (tertiary/aromatic N) is 1. The molecule has 0 bridgehead atoms. The maximum atomic E-state index is 4.23. The lowest BCUT2D eigenvalue weighted by Crippen LogP contribution is -1.92. The van der Waals surface area contributed by atoms with Gasteiger partial charge in [0.25, 0.3) is 0 Å². The van der Waals surface area contributed by atoms with Crippen LogP contribution in [0.3, 0.4) is 0 Å². The minimum absolute atomic E-state index is 0.864. The van der Waals surface area contributed by atoms with E-state index in [0.717, 1.165) is 16.0 Å². The summed E-state index contributed by atoms with van der Waals surface area (Å²) in [5.41, 5.74) is 1.30. The van der Waals surface area contributed by atoms with E-state index in [2.05, 4.69) is 37.8 Å². The van der Waals surface area contributed by atoms with Crippen LogP contribution in [0.15, 0.2) is 53.1 Å². The van der Waals surface area contributed by atoms with Gasteiger partial charge in [0.2, 0.25) is 0 Å². The molecule has 0 saturated heterocycles. The van der Waals surface area contributed by atoms with Gasteiger partial charge in [-0.15, -0.1) is 0 Å². The molecule has 16 heavy (non-hydrogen) atoms. The van der Waals surface area contributed by atoms with E-state index in [1.165, 1.54) is 5.56 Å². The molecule has 1 N–H and O–H groups in total. The second-order valence-electron chi connectivity index (χ2n) is 3.21. The number of rotatable bonds is 4. The molecule has 0 unspecified atom stereocenters. The molecule has 0 amide bonds. The highest BCUT2D eigenvalue weighted by Gasteiger charge is 1.99. The third-order valence-corrected chi connectivity index (χ3v) is 3.46. The molecular weight excluding hydrogens is 284 g/mol. The Kier molecular flexibility index (Phi) is 4.25. The van der Waals surface area contributed by atoms with Crippen molar-refractivity contribution in [3.8, 4) is 0 Å². The van der Waals surface area contributed by atoms with Gasteiger partial charge in [0.05, 0.1) is 4.47 Å². The van der Waals surface area contributed by atoms with E-state index >= 15 is 0 Å². The van der Waals surface area contributed by atoms with Crippen molar-refractivity contribution < 1.29 is 0 Å². The second kappa shape index (κ2) is 5.92. The van der Waals surface area contributed by atoms with E-state index in [9.17, 15) is 0 Å². The van der Waals surface area contributed by atoms with Crippen LogP contribution in [0.2, 0.25) is 0 Å². The number of hydrogen-bond acceptors (Lipinski definition) is 3. The molecule has 1 aromatic heterocycles. The number of halogens is 1. The van der Waals surface area contributed by atoms with Gasteiger partial charge in [-0.05, 0) is 45.6 Å². The maximum Gasteiger partial charge on any atom is 0.150 e. The molecule has 2 aromatic rings. The van der Waals surface area contributed by atoms with E-state index < -0.39 is 0 Å². The number of pyridine rings is 1. The van der Waals surface area contributed by atoms with Gasteiger partial charge in [-0.3, -0.25) is 0 Å².